The number of quaternary nitrogens is 1. The van der Waals surface area contributed by atoms with Gasteiger partial charge >= 0.3 is 11.9 Å². The highest BCUT2D eigenvalue weighted by atomic mass is 31.2. The Kier molecular flexibility index (Phi) is 67.7. The molecule has 2 atom stereocenters. The van der Waals surface area contributed by atoms with E-state index in [1.165, 1.54) is 308 Å². The fourth-order valence-corrected chi connectivity index (χ4v) is 12.2. The molecule has 0 heterocycles. The first-order chi connectivity index (χ1) is 43.0. The van der Waals surface area contributed by atoms with Crippen molar-refractivity contribution in [2.75, 3.05) is 47.5 Å². The van der Waals surface area contributed by atoms with Gasteiger partial charge in [-0.15, -0.1) is 0 Å². The molecule has 88 heavy (non-hydrogen) atoms. The van der Waals surface area contributed by atoms with Crippen molar-refractivity contribution in [2.45, 2.75) is 392 Å². The van der Waals surface area contributed by atoms with Crippen LogP contribution in [0.15, 0.2) is 48.6 Å². The summed E-state index contributed by atoms with van der Waals surface area (Å²) in [7, 11) is 1.19. The normalized spacial score (nSPS) is 13.3. The Balaban J connectivity index is 3.92. The molecule has 0 saturated carbocycles. The lowest BCUT2D eigenvalue weighted by molar-refractivity contribution is -0.870. The van der Waals surface area contributed by atoms with Gasteiger partial charge in [0.15, 0.2) is 6.10 Å². The number of carbonyl (C=O) groups is 2. The Morgan fingerprint density at radius 1 is 0.352 bits per heavy atom. The number of esters is 2. The van der Waals surface area contributed by atoms with Crippen LogP contribution in [0.25, 0.3) is 0 Å². The SMILES string of the molecule is CCCCCCC/C=C\C/C=C\C/C=C\CCCCCCCCCCCCCCCCCCCCCCCCCCC(=O)OC(COC(=O)CCCCCCCCCCCCCCC/C=C\CCCCCCCCCC)COP(=O)([O-])OCC[N+](C)(C)C. The van der Waals surface area contributed by atoms with Crippen LogP contribution in [0.2, 0.25) is 0 Å². The summed E-state index contributed by atoms with van der Waals surface area (Å²) in [4.78, 5) is 38.1. The van der Waals surface area contributed by atoms with E-state index in [4.69, 9.17) is 18.5 Å². The molecule has 0 aliphatic carbocycles. The van der Waals surface area contributed by atoms with Crippen LogP contribution in [0.3, 0.4) is 0 Å². The van der Waals surface area contributed by atoms with Gasteiger partial charge in [0.25, 0.3) is 7.82 Å². The average Bonchev–Trinajstić information content (AvgIpc) is 3.68. The van der Waals surface area contributed by atoms with Crippen molar-refractivity contribution in [3.05, 3.63) is 48.6 Å². The molecule has 0 aliphatic rings. The van der Waals surface area contributed by atoms with Gasteiger partial charge in [0.05, 0.1) is 27.7 Å². The van der Waals surface area contributed by atoms with E-state index < -0.39 is 26.5 Å². The third kappa shape index (κ3) is 73.0. The molecule has 0 aromatic rings. The zero-order valence-electron chi connectivity index (χ0n) is 59.2. The van der Waals surface area contributed by atoms with E-state index in [9.17, 15) is 19.0 Å². The Morgan fingerprint density at radius 3 is 0.920 bits per heavy atom. The molecular formula is C78H148NO8P. The minimum absolute atomic E-state index is 0.0283. The number of phosphoric acid groups is 1. The Hall–Kier alpha value is -2.03. The lowest BCUT2D eigenvalue weighted by atomic mass is 10.0. The Labute approximate surface area is 547 Å². The minimum Gasteiger partial charge on any atom is -0.756 e. The summed E-state index contributed by atoms with van der Waals surface area (Å²) >= 11 is 0. The summed E-state index contributed by atoms with van der Waals surface area (Å²) in [5.41, 5.74) is 0. The molecule has 0 bridgehead atoms. The van der Waals surface area contributed by atoms with Crippen LogP contribution < -0.4 is 4.89 Å². The molecule has 0 rings (SSSR count). The molecular weight excluding hydrogens is 1110 g/mol. The summed E-state index contributed by atoms with van der Waals surface area (Å²) < 4.78 is 34.4. The van der Waals surface area contributed by atoms with Gasteiger partial charge < -0.3 is 27.9 Å². The van der Waals surface area contributed by atoms with E-state index in [0.29, 0.717) is 17.4 Å². The number of allylic oxidation sites excluding steroid dienone is 8. The van der Waals surface area contributed by atoms with Crippen molar-refractivity contribution in [2.24, 2.45) is 0 Å². The third-order valence-corrected chi connectivity index (χ3v) is 18.3. The molecule has 0 saturated heterocycles. The molecule has 0 N–H and O–H groups in total. The summed E-state index contributed by atoms with van der Waals surface area (Å²) in [5, 5.41) is 0. The number of ether oxygens (including phenoxy) is 2. The maximum Gasteiger partial charge on any atom is 0.306 e. The summed E-state index contributed by atoms with van der Waals surface area (Å²) in [6.07, 6.45) is 90.8. The number of nitrogens with zero attached hydrogens (tertiary/aromatic N) is 1. The highest BCUT2D eigenvalue weighted by Crippen LogP contribution is 2.38. The second kappa shape index (κ2) is 69.3. The van der Waals surface area contributed by atoms with Crippen LogP contribution in [0.4, 0.5) is 0 Å². The highest BCUT2D eigenvalue weighted by molar-refractivity contribution is 7.45. The maximum atomic E-state index is 12.9. The van der Waals surface area contributed by atoms with Crippen molar-refractivity contribution < 1.29 is 42.1 Å². The summed E-state index contributed by atoms with van der Waals surface area (Å²) in [6.45, 7) is 4.30. The molecule has 0 spiro atoms. The molecule has 0 aromatic carbocycles. The van der Waals surface area contributed by atoms with Gasteiger partial charge in [-0.3, -0.25) is 14.2 Å². The molecule has 9 nitrogen and oxygen atoms in total. The van der Waals surface area contributed by atoms with Crippen molar-refractivity contribution in [1.82, 2.24) is 0 Å². The van der Waals surface area contributed by atoms with Gasteiger partial charge in [-0.25, -0.2) is 0 Å². The van der Waals surface area contributed by atoms with E-state index in [1.807, 2.05) is 21.1 Å². The Bertz CT molecular complexity index is 1620. The van der Waals surface area contributed by atoms with Crippen LogP contribution in [0.5, 0.6) is 0 Å². The molecule has 0 aliphatic heterocycles. The average molecular weight is 1260 g/mol. The molecule has 518 valence electrons. The van der Waals surface area contributed by atoms with E-state index in [-0.39, 0.29) is 32.0 Å². The maximum absolute atomic E-state index is 12.9. The topological polar surface area (TPSA) is 111 Å². The summed E-state index contributed by atoms with van der Waals surface area (Å²) in [5.74, 6) is -0.812. The van der Waals surface area contributed by atoms with E-state index >= 15 is 0 Å². The molecule has 2 unspecified atom stereocenters. The zero-order chi connectivity index (χ0) is 64.1. The van der Waals surface area contributed by atoms with Crippen molar-refractivity contribution >= 4 is 19.8 Å². The van der Waals surface area contributed by atoms with Gasteiger partial charge in [0.1, 0.15) is 19.8 Å². The van der Waals surface area contributed by atoms with Gasteiger partial charge in [-0.2, -0.15) is 0 Å². The van der Waals surface area contributed by atoms with Crippen LogP contribution in [0.1, 0.15) is 386 Å². The number of hydrogen-bond acceptors (Lipinski definition) is 8. The van der Waals surface area contributed by atoms with Crippen LogP contribution in [0, 0.1) is 0 Å². The van der Waals surface area contributed by atoms with Crippen molar-refractivity contribution in [3.63, 3.8) is 0 Å². The number of carbonyl (C=O) groups excluding carboxylic acids is 2. The van der Waals surface area contributed by atoms with Crippen LogP contribution >= 0.6 is 7.82 Å². The number of phosphoric ester groups is 1. The van der Waals surface area contributed by atoms with E-state index in [0.717, 1.165) is 44.9 Å². The van der Waals surface area contributed by atoms with Gasteiger partial charge in [-0.1, -0.05) is 345 Å². The molecule has 0 amide bonds. The molecule has 0 radical (unpaired) electrons. The van der Waals surface area contributed by atoms with Crippen molar-refractivity contribution in [3.8, 4) is 0 Å². The summed E-state index contributed by atoms with van der Waals surface area (Å²) in [6, 6.07) is 0. The first-order valence-electron chi connectivity index (χ1n) is 38.3. The lowest BCUT2D eigenvalue weighted by Crippen LogP contribution is -2.37. The smallest absolute Gasteiger partial charge is 0.306 e. The fraction of sp³-hybridized carbons (Fsp3) is 0.872. The minimum atomic E-state index is -4.64. The monoisotopic (exact) mass is 1260 g/mol. The van der Waals surface area contributed by atoms with E-state index in [2.05, 4.69) is 62.5 Å². The molecule has 0 aromatic heterocycles. The first kappa shape index (κ1) is 86.0. The largest absolute Gasteiger partial charge is 0.756 e. The van der Waals surface area contributed by atoms with Crippen LogP contribution in [-0.2, 0) is 32.7 Å². The predicted octanol–water partition coefficient (Wildman–Crippen LogP) is 24.5. The predicted molar refractivity (Wildman–Crippen MR) is 379 cm³/mol. The highest BCUT2D eigenvalue weighted by Gasteiger charge is 2.22. The molecule has 0 fully saturated rings. The third-order valence-electron chi connectivity index (χ3n) is 17.3. The Morgan fingerprint density at radius 2 is 0.614 bits per heavy atom. The van der Waals surface area contributed by atoms with Gasteiger partial charge in [0, 0.05) is 12.8 Å². The standard InChI is InChI=1S/C78H148NO8P/c1-6-8-10-12-14-16-18-20-22-24-26-28-30-32-33-34-35-36-37-38-39-40-41-42-43-44-45-47-49-51-53-55-57-59-61-63-65-67-69-71-78(81)87-76(75-86-88(82,83)85-73-72-79(3,4)5)74-84-77(80)70-68-66-64-62-60-58-56-54-52-50-48-46-31-29-27-25-23-21-19-17-15-13-11-9-7-2/h18,20,24-27,30,32,76H,6-17,19,21-23,28-29,31,33-75H2,1-5H3/b20-18-,26-24-,27-25-,32-30-. The quantitative estimate of drug-likeness (QED) is 0.0195. The van der Waals surface area contributed by atoms with E-state index in [1.54, 1.807) is 0 Å². The lowest BCUT2D eigenvalue weighted by Gasteiger charge is -2.28. The number of hydrogen-bond donors (Lipinski definition) is 0. The van der Waals surface area contributed by atoms with Gasteiger partial charge in [-0.05, 0) is 77.0 Å². The van der Waals surface area contributed by atoms with Crippen molar-refractivity contribution in [1.29, 1.82) is 0 Å². The van der Waals surface area contributed by atoms with Gasteiger partial charge in [0.2, 0.25) is 0 Å². The number of unbranched alkanes of at least 4 members (excludes halogenated alkanes) is 50. The fourth-order valence-electron chi connectivity index (χ4n) is 11.4. The molecule has 10 heteroatoms. The zero-order valence-corrected chi connectivity index (χ0v) is 60.1. The second-order valence-electron chi connectivity index (χ2n) is 27.4. The first-order valence-corrected chi connectivity index (χ1v) is 39.8. The van der Waals surface area contributed by atoms with Crippen LogP contribution in [-0.4, -0.2) is 70.0 Å². The number of likely N-dealkylation sites (N-methyl/N-ethyl adjacent to an activating group) is 1. The number of rotatable bonds is 72. The second-order valence-corrected chi connectivity index (χ2v) is 28.8.